The largest absolute Gasteiger partial charge is 0.368 e. The zero-order chi connectivity index (χ0) is 13.6. The van der Waals surface area contributed by atoms with Crippen LogP contribution >= 0.6 is 11.8 Å². The van der Waals surface area contributed by atoms with Gasteiger partial charge in [0, 0.05) is 18.0 Å². The quantitative estimate of drug-likeness (QED) is 0.739. The maximum absolute atomic E-state index is 11.5. The number of hydrogen-bond acceptors (Lipinski definition) is 4. The summed E-state index contributed by atoms with van der Waals surface area (Å²) in [7, 11) is 0. The van der Waals surface area contributed by atoms with E-state index in [1.165, 1.54) is 0 Å². The molecule has 0 spiro atoms. The third-order valence-corrected chi connectivity index (χ3v) is 3.59. The van der Waals surface area contributed by atoms with Crippen LogP contribution in [-0.4, -0.2) is 28.2 Å². The van der Waals surface area contributed by atoms with Crippen molar-refractivity contribution in [1.82, 2.24) is 10.3 Å². The molecule has 1 aromatic rings. The van der Waals surface area contributed by atoms with Crippen LogP contribution in [0.1, 0.15) is 27.2 Å². The minimum atomic E-state index is -0.657. The zero-order valence-corrected chi connectivity index (χ0v) is 12.0. The Labute approximate surface area is 113 Å². The number of pyridine rings is 1. The van der Waals surface area contributed by atoms with E-state index in [-0.39, 0.29) is 11.9 Å². The Balaban J connectivity index is 2.50. The first-order valence-corrected chi connectivity index (χ1v) is 7.04. The lowest BCUT2D eigenvalue weighted by atomic mass is 9.97. The fourth-order valence-electron chi connectivity index (χ4n) is 1.70. The molecule has 0 saturated carbocycles. The Morgan fingerprint density at radius 3 is 2.78 bits per heavy atom. The van der Waals surface area contributed by atoms with Gasteiger partial charge in [0.05, 0.1) is 10.6 Å². The van der Waals surface area contributed by atoms with Crippen LogP contribution in [0.5, 0.6) is 0 Å². The summed E-state index contributed by atoms with van der Waals surface area (Å²) < 4.78 is 0. The fraction of sp³-hybridized carbons (Fsp3) is 0.538. The van der Waals surface area contributed by atoms with Crippen molar-refractivity contribution < 1.29 is 4.79 Å². The number of primary amides is 1. The maximum Gasteiger partial charge on any atom is 0.237 e. The number of amides is 1. The molecular formula is C13H21N3OS. The molecule has 0 aliphatic rings. The summed E-state index contributed by atoms with van der Waals surface area (Å²) in [4.78, 5) is 15.8. The third-order valence-electron chi connectivity index (χ3n) is 2.64. The smallest absolute Gasteiger partial charge is 0.237 e. The van der Waals surface area contributed by atoms with Crippen molar-refractivity contribution in [3.05, 3.63) is 24.4 Å². The lowest BCUT2D eigenvalue weighted by Gasteiger charge is -2.29. The zero-order valence-electron chi connectivity index (χ0n) is 11.1. The van der Waals surface area contributed by atoms with Crippen LogP contribution < -0.4 is 11.1 Å². The van der Waals surface area contributed by atoms with Crippen LogP contribution in [0.3, 0.4) is 0 Å². The van der Waals surface area contributed by atoms with E-state index in [2.05, 4.69) is 10.3 Å². The van der Waals surface area contributed by atoms with Crippen molar-refractivity contribution >= 4 is 17.7 Å². The highest BCUT2D eigenvalue weighted by Crippen LogP contribution is 2.20. The Morgan fingerprint density at radius 1 is 1.56 bits per heavy atom. The van der Waals surface area contributed by atoms with Crippen molar-refractivity contribution in [2.24, 2.45) is 5.73 Å². The molecule has 0 radical (unpaired) electrons. The number of rotatable bonds is 7. The predicted octanol–water partition coefficient (Wildman–Crippen LogP) is 1.81. The minimum absolute atomic E-state index is 0.224. The van der Waals surface area contributed by atoms with Gasteiger partial charge in [-0.05, 0) is 39.3 Å². The van der Waals surface area contributed by atoms with Crippen molar-refractivity contribution in [2.45, 2.75) is 43.8 Å². The van der Waals surface area contributed by atoms with E-state index in [0.29, 0.717) is 6.42 Å². The molecular weight excluding hydrogens is 246 g/mol. The molecule has 1 unspecified atom stereocenters. The second kappa shape index (κ2) is 6.75. The van der Waals surface area contributed by atoms with E-state index in [1.54, 1.807) is 18.0 Å². The Kier molecular flexibility index (Phi) is 5.62. The van der Waals surface area contributed by atoms with E-state index >= 15 is 0 Å². The average molecular weight is 267 g/mol. The van der Waals surface area contributed by atoms with E-state index < -0.39 is 5.54 Å². The van der Waals surface area contributed by atoms with E-state index in [1.807, 2.05) is 39.0 Å². The maximum atomic E-state index is 11.5. The lowest BCUT2D eigenvalue weighted by Crippen LogP contribution is -2.55. The van der Waals surface area contributed by atoms with Gasteiger partial charge < -0.3 is 11.1 Å². The van der Waals surface area contributed by atoms with Gasteiger partial charge in [-0.25, -0.2) is 4.98 Å². The SMILES string of the molecule is CC(C)NC(C)(CCSc1ccccn1)C(N)=O. The molecule has 18 heavy (non-hydrogen) atoms. The first-order chi connectivity index (χ1) is 8.44. The molecule has 1 amide bonds. The van der Waals surface area contributed by atoms with E-state index in [4.69, 9.17) is 5.73 Å². The molecule has 0 bridgehead atoms. The average Bonchev–Trinajstić information content (AvgIpc) is 2.29. The Bertz CT molecular complexity index is 383. The molecule has 1 heterocycles. The molecule has 0 saturated heterocycles. The molecule has 3 N–H and O–H groups in total. The highest BCUT2D eigenvalue weighted by atomic mass is 32.2. The molecule has 4 nitrogen and oxygen atoms in total. The third kappa shape index (κ3) is 4.66. The molecule has 0 aliphatic carbocycles. The van der Waals surface area contributed by atoms with Crippen LogP contribution in [0.4, 0.5) is 0 Å². The molecule has 1 aromatic heterocycles. The van der Waals surface area contributed by atoms with Gasteiger partial charge in [0.15, 0.2) is 0 Å². The number of nitrogens with two attached hydrogens (primary N) is 1. The summed E-state index contributed by atoms with van der Waals surface area (Å²) in [6, 6.07) is 6.03. The van der Waals surface area contributed by atoms with Crippen molar-refractivity contribution in [2.75, 3.05) is 5.75 Å². The van der Waals surface area contributed by atoms with Gasteiger partial charge in [-0.1, -0.05) is 6.07 Å². The van der Waals surface area contributed by atoms with Gasteiger partial charge in [-0.2, -0.15) is 0 Å². The van der Waals surface area contributed by atoms with Gasteiger partial charge in [-0.15, -0.1) is 11.8 Å². The van der Waals surface area contributed by atoms with Crippen LogP contribution in [0.25, 0.3) is 0 Å². The molecule has 0 fully saturated rings. The Hall–Kier alpha value is -1.07. The first-order valence-electron chi connectivity index (χ1n) is 6.05. The normalized spacial score (nSPS) is 14.4. The van der Waals surface area contributed by atoms with Gasteiger partial charge in [0.1, 0.15) is 0 Å². The number of thioether (sulfide) groups is 1. The monoisotopic (exact) mass is 267 g/mol. The summed E-state index contributed by atoms with van der Waals surface area (Å²) in [5.74, 6) is 0.494. The molecule has 0 aliphatic heterocycles. The van der Waals surface area contributed by atoms with Gasteiger partial charge >= 0.3 is 0 Å². The highest BCUT2D eigenvalue weighted by molar-refractivity contribution is 7.99. The number of nitrogens with one attached hydrogen (secondary N) is 1. The van der Waals surface area contributed by atoms with Gasteiger partial charge in [0.2, 0.25) is 5.91 Å². The molecule has 1 atom stereocenters. The second-order valence-electron chi connectivity index (χ2n) is 4.76. The van der Waals surface area contributed by atoms with Crippen LogP contribution in [0, 0.1) is 0 Å². The van der Waals surface area contributed by atoms with Gasteiger partial charge in [-0.3, -0.25) is 4.79 Å². The van der Waals surface area contributed by atoms with Crippen molar-refractivity contribution in [1.29, 1.82) is 0 Å². The summed E-state index contributed by atoms with van der Waals surface area (Å²) >= 11 is 1.63. The number of carbonyl (C=O) groups excluding carboxylic acids is 1. The van der Waals surface area contributed by atoms with Crippen LogP contribution in [0.2, 0.25) is 0 Å². The summed E-state index contributed by atoms with van der Waals surface area (Å²) in [6.45, 7) is 5.87. The van der Waals surface area contributed by atoms with Crippen molar-refractivity contribution in [3.63, 3.8) is 0 Å². The van der Waals surface area contributed by atoms with E-state index in [0.717, 1.165) is 10.8 Å². The number of nitrogens with zero attached hydrogens (tertiary/aromatic N) is 1. The first kappa shape index (κ1) is 15.0. The van der Waals surface area contributed by atoms with Crippen LogP contribution in [-0.2, 0) is 4.79 Å². The number of aromatic nitrogens is 1. The predicted molar refractivity (Wildman–Crippen MR) is 75.4 cm³/mol. The second-order valence-corrected chi connectivity index (χ2v) is 5.88. The summed E-state index contributed by atoms with van der Waals surface area (Å²) in [5, 5.41) is 4.20. The number of carbonyl (C=O) groups is 1. The molecule has 5 heteroatoms. The van der Waals surface area contributed by atoms with Crippen LogP contribution in [0.15, 0.2) is 29.4 Å². The van der Waals surface area contributed by atoms with Gasteiger partial charge in [0.25, 0.3) is 0 Å². The highest BCUT2D eigenvalue weighted by Gasteiger charge is 2.30. The minimum Gasteiger partial charge on any atom is -0.368 e. The fourth-order valence-corrected chi connectivity index (χ4v) is 2.73. The van der Waals surface area contributed by atoms with Crippen molar-refractivity contribution in [3.8, 4) is 0 Å². The summed E-state index contributed by atoms with van der Waals surface area (Å²) in [5.41, 5.74) is 4.82. The summed E-state index contributed by atoms with van der Waals surface area (Å²) in [6.07, 6.45) is 2.45. The lowest BCUT2D eigenvalue weighted by molar-refractivity contribution is -0.124. The standard InChI is InChI=1S/C13H21N3OS/c1-10(2)16-13(3,12(14)17)7-9-18-11-6-4-5-8-15-11/h4-6,8,10,16H,7,9H2,1-3H3,(H2,14,17). The topological polar surface area (TPSA) is 68.0 Å². The molecule has 100 valence electrons. The number of hydrogen-bond donors (Lipinski definition) is 2. The Morgan fingerprint density at radius 2 is 2.28 bits per heavy atom. The molecule has 0 aromatic carbocycles. The van der Waals surface area contributed by atoms with E-state index in [9.17, 15) is 4.79 Å². The molecule has 1 rings (SSSR count).